The summed E-state index contributed by atoms with van der Waals surface area (Å²) in [6.45, 7) is 6.82. The van der Waals surface area contributed by atoms with Crippen molar-refractivity contribution in [3.63, 3.8) is 0 Å². The van der Waals surface area contributed by atoms with Crippen LogP contribution in [0.1, 0.15) is 26.3 Å². The second-order valence-corrected chi connectivity index (χ2v) is 8.95. The molecule has 0 bridgehead atoms. The van der Waals surface area contributed by atoms with Crippen molar-refractivity contribution in [2.24, 2.45) is 0 Å². The van der Waals surface area contributed by atoms with E-state index in [9.17, 15) is 0 Å². The number of aromatic nitrogens is 2. The zero-order chi connectivity index (χ0) is 19.8. The first-order valence-electron chi connectivity index (χ1n) is 10.2. The number of imidazole rings is 1. The number of hydrogen-bond acceptors (Lipinski definition) is 1. The van der Waals surface area contributed by atoms with E-state index in [1.54, 1.807) is 0 Å². The molecular weight excluding hydrogens is 352 g/mol. The predicted molar refractivity (Wildman–Crippen MR) is 124 cm³/mol. The highest BCUT2D eigenvalue weighted by atomic mass is 15.0. The summed E-state index contributed by atoms with van der Waals surface area (Å²) in [6.07, 6.45) is 0. The van der Waals surface area contributed by atoms with Crippen LogP contribution >= 0.6 is 0 Å². The fourth-order valence-corrected chi connectivity index (χ4v) is 4.59. The zero-order valence-electron chi connectivity index (χ0n) is 16.9. The Bertz CT molecular complexity index is 1580. The first-order chi connectivity index (χ1) is 14.0. The predicted octanol–water partition coefficient (Wildman–Crippen LogP) is 7.24. The quantitative estimate of drug-likeness (QED) is 0.256. The third-order valence-electron chi connectivity index (χ3n) is 6.11. The molecule has 0 unspecified atom stereocenters. The van der Waals surface area contributed by atoms with Crippen molar-refractivity contribution in [2.45, 2.75) is 26.2 Å². The van der Waals surface area contributed by atoms with E-state index in [4.69, 9.17) is 4.98 Å². The van der Waals surface area contributed by atoms with Crippen molar-refractivity contribution in [3.05, 3.63) is 84.4 Å². The molecule has 2 nitrogen and oxygen atoms in total. The summed E-state index contributed by atoms with van der Waals surface area (Å²) >= 11 is 0. The zero-order valence-corrected chi connectivity index (χ0v) is 16.9. The van der Waals surface area contributed by atoms with Gasteiger partial charge in [-0.1, -0.05) is 75.4 Å². The molecule has 0 amide bonds. The van der Waals surface area contributed by atoms with Gasteiger partial charge in [-0.25, -0.2) is 4.98 Å². The van der Waals surface area contributed by atoms with Crippen LogP contribution < -0.4 is 0 Å². The second-order valence-electron chi connectivity index (χ2n) is 8.95. The van der Waals surface area contributed by atoms with Gasteiger partial charge in [-0.05, 0) is 51.4 Å². The smallest absolute Gasteiger partial charge is 0.147 e. The summed E-state index contributed by atoms with van der Waals surface area (Å²) in [6, 6.07) is 28.5. The van der Waals surface area contributed by atoms with Gasteiger partial charge in [-0.15, -0.1) is 0 Å². The van der Waals surface area contributed by atoms with Crippen molar-refractivity contribution in [3.8, 4) is 0 Å². The third kappa shape index (κ3) is 2.26. The minimum atomic E-state index is 0.101. The number of benzene rings is 4. The van der Waals surface area contributed by atoms with Crippen LogP contribution in [0.4, 0.5) is 0 Å². The summed E-state index contributed by atoms with van der Waals surface area (Å²) in [4.78, 5) is 5.08. The summed E-state index contributed by atoms with van der Waals surface area (Å²) in [7, 11) is 0. The van der Waals surface area contributed by atoms with E-state index in [1.807, 2.05) is 0 Å². The lowest BCUT2D eigenvalue weighted by atomic mass is 9.85. The molecule has 2 aromatic heterocycles. The molecular formula is C27H22N2. The van der Waals surface area contributed by atoms with Crippen LogP contribution in [-0.4, -0.2) is 9.38 Å². The maximum absolute atomic E-state index is 5.08. The van der Waals surface area contributed by atoms with Gasteiger partial charge < -0.3 is 0 Å². The molecule has 0 saturated carbocycles. The van der Waals surface area contributed by atoms with Gasteiger partial charge in [-0.3, -0.25) is 4.40 Å². The molecule has 29 heavy (non-hydrogen) atoms. The molecule has 0 saturated heterocycles. The molecule has 6 aromatic rings. The average molecular weight is 374 g/mol. The van der Waals surface area contributed by atoms with Crippen molar-refractivity contribution in [1.82, 2.24) is 9.38 Å². The second kappa shape index (κ2) is 5.57. The molecule has 2 heteroatoms. The van der Waals surface area contributed by atoms with Gasteiger partial charge in [0.2, 0.25) is 0 Å². The maximum atomic E-state index is 5.08. The largest absolute Gasteiger partial charge is 0.292 e. The van der Waals surface area contributed by atoms with Crippen LogP contribution in [0.15, 0.2) is 78.9 Å². The summed E-state index contributed by atoms with van der Waals surface area (Å²) in [5.41, 5.74) is 5.89. The number of fused-ring (bicyclic) bond motifs is 10. The van der Waals surface area contributed by atoms with Gasteiger partial charge in [-0.2, -0.15) is 0 Å². The normalized spacial score (nSPS) is 12.7. The molecule has 4 aromatic carbocycles. The molecule has 0 radical (unpaired) electrons. The highest BCUT2D eigenvalue weighted by Gasteiger charge is 2.19. The topological polar surface area (TPSA) is 17.3 Å². The lowest BCUT2D eigenvalue weighted by Gasteiger charge is -2.20. The Balaban J connectivity index is 1.97. The van der Waals surface area contributed by atoms with Crippen molar-refractivity contribution >= 4 is 49.1 Å². The SMILES string of the molecule is CC(C)(C)c1ccc2c(c1)c1ccc3ccccc3c1c1nc3ccccc3n21. The molecule has 140 valence electrons. The van der Waals surface area contributed by atoms with Crippen LogP contribution in [0.3, 0.4) is 0 Å². The minimum absolute atomic E-state index is 0.101. The summed E-state index contributed by atoms with van der Waals surface area (Å²) < 4.78 is 2.34. The Kier molecular flexibility index (Phi) is 3.18. The van der Waals surface area contributed by atoms with Crippen molar-refractivity contribution in [2.75, 3.05) is 0 Å². The number of pyridine rings is 1. The Morgan fingerprint density at radius 1 is 0.690 bits per heavy atom. The summed E-state index contributed by atoms with van der Waals surface area (Å²) in [5.74, 6) is 0. The van der Waals surface area contributed by atoms with Crippen molar-refractivity contribution < 1.29 is 0 Å². The lowest BCUT2D eigenvalue weighted by molar-refractivity contribution is 0.591. The molecule has 0 N–H and O–H groups in total. The number of hydrogen-bond donors (Lipinski definition) is 0. The minimum Gasteiger partial charge on any atom is -0.292 e. The van der Waals surface area contributed by atoms with Gasteiger partial charge in [0.25, 0.3) is 0 Å². The molecule has 2 heterocycles. The Hall–Kier alpha value is -3.39. The molecule has 0 atom stereocenters. The standard InChI is InChI=1S/C27H22N2/c1-27(2,3)18-13-15-23-21(16-18)20-14-12-17-8-4-5-9-19(17)25(20)26-28-22-10-6-7-11-24(22)29(23)26/h4-16H,1-3H3. The number of para-hydroxylation sites is 2. The van der Waals surface area contributed by atoms with Crippen LogP contribution in [0.5, 0.6) is 0 Å². The molecule has 0 fully saturated rings. The fourth-order valence-electron chi connectivity index (χ4n) is 4.59. The number of nitrogens with zero attached hydrogens (tertiary/aromatic N) is 2. The van der Waals surface area contributed by atoms with E-state index in [1.165, 1.54) is 38.0 Å². The van der Waals surface area contributed by atoms with E-state index in [2.05, 4.69) is 104 Å². The van der Waals surface area contributed by atoms with E-state index < -0.39 is 0 Å². The Morgan fingerprint density at radius 3 is 2.34 bits per heavy atom. The molecule has 6 rings (SSSR count). The summed E-state index contributed by atoms with van der Waals surface area (Å²) in [5, 5.41) is 6.30. The van der Waals surface area contributed by atoms with Crippen LogP contribution in [0, 0.1) is 0 Å². The van der Waals surface area contributed by atoms with E-state index in [0.29, 0.717) is 0 Å². The highest BCUT2D eigenvalue weighted by Crippen LogP contribution is 2.38. The van der Waals surface area contributed by atoms with Gasteiger partial charge in [0.1, 0.15) is 5.65 Å². The van der Waals surface area contributed by atoms with Gasteiger partial charge in [0.05, 0.1) is 16.6 Å². The van der Waals surface area contributed by atoms with Gasteiger partial charge in [0.15, 0.2) is 0 Å². The monoisotopic (exact) mass is 374 g/mol. The Labute approximate surface area is 169 Å². The van der Waals surface area contributed by atoms with Gasteiger partial charge in [0, 0.05) is 10.8 Å². The van der Waals surface area contributed by atoms with E-state index >= 15 is 0 Å². The maximum Gasteiger partial charge on any atom is 0.147 e. The molecule has 0 spiro atoms. The lowest BCUT2D eigenvalue weighted by Crippen LogP contribution is -2.10. The molecule has 0 aliphatic heterocycles. The van der Waals surface area contributed by atoms with Crippen LogP contribution in [0.2, 0.25) is 0 Å². The third-order valence-corrected chi connectivity index (χ3v) is 6.11. The van der Waals surface area contributed by atoms with Gasteiger partial charge >= 0.3 is 0 Å². The van der Waals surface area contributed by atoms with Crippen molar-refractivity contribution in [1.29, 1.82) is 0 Å². The van der Waals surface area contributed by atoms with Crippen LogP contribution in [0.25, 0.3) is 49.1 Å². The first-order valence-corrected chi connectivity index (χ1v) is 10.2. The molecule has 0 aliphatic carbocycles. The fraction of sp³-hybridized carbons (Fsp3) is 0.148. The Morgan fingerprint density at radius 2 is 1.48 bits per heavy atom. The highest BCUT2D eigenvalue weighted by molar-refractivity contribution is 6.23. The van der Waals surface area contributed by atoms with E-state index in [-0.39, 0.29) is 5.41 Å². The number of rotatable bonds is 0. The van der Waals surface area contributed by atoms with E-state index in [0.717, 1.165) is 16.7 Å². The average Bonchev–Trinajstić information content (AvgIpc) is 3.12. The first kappa shape index (κ1) is 16.6. The molecule has 0 aliphatic rings. The van der Waals surface area contributed by atoms with Crippen LogP contribution in [-0.2, 0) is 5.41 Å².